The van der Waals surface area contributed by atoms with Crippen LogP contribution in [-0.4, -0.2) is 5.24 Å². The van der Waals surface area contributed by atoms with Gasteiger partial charge in [-0.05, 0) is 29.3 Å². The fraction of sp³-hybridized carbons (Fsp3) is 0.125. The van der Waals surface area contributed by atoms with Gasteiger partial charge in [0.25, 0.3) is 0 Å². The smallest absolute Gasteiger partial charge is 0.239 e. The van der Waals surface area contributed by atoms with Crippen molar-refractivity contribution in [3.05, 3.63) is 29.8 Å². The van der Waals surface area contributed by atoms with E-state index in [1.54, 1.807) is 24.3 Å². The second-order valence-corrected chi connectivity index (χ2v) is 3.62. The van der Waals surface area contributed by atoms with Gasteiger partial charge in [0.05, 0.1) is 0 Å². The van der Waals surface area contributed by atoms with Crippen molar-refractivity contribution in [1.29, 1.82) is 0 Å². The van der Waals surface area contributed by atoms with Gasteiger partial charge in [-0.3, -0.25) is 4.79 Å². The first-order valence-corrected chi connectivity index (χ1v) is 4.59. The van der Waals surface area contributed by atoms with E-state index in [2.05, 4.69) is 15.9 Å². The lowest BCUT2D eigenvalue weighted by Crippen LogP contribution is -1.98. The molecule has 0 heterocycles. The van der Waals surface area contributed by atoms with Gasteiger partial charge in [-0.25, -0.2) is 0 Å². The van der Waals surface area contributed by atoms with Crippen molar-refractivity contribution < 1.29 is 4.79 Å². The molecule has 0 aliphatic carbocycles. The van der Waals surface area contributed by atoms with Gasteiger partial charge in [0.15, 0.2) is 0 Å². The number of nitrogen functional groups attached to an aromatic ring is 1. The maximum Gasteiger partial charge on any atom is 0.239 e. The van der Waals surface area contributed by atoms with E-state index >= 15 is 0 Å². The van der Waals surface area contributed by atoms with Crippen LogP contribution < -0.4 is 5.73 Å². The highest BCUT2D eigenvalue weighted by molar-refractivity contribution is 9.09. The molecule has 2 N–H and O–H groups in total. The summed E-state index contributed by atoms with van der Waals surface area (Å²) in [5.41, 5.74) is 6.91. The third-order valence-electron chi connectivity index (χ3n) is 1.40. The van der Waals surface area contributed by atoms with Gasteiger partial charge in [0, 0.05) is 5.69 Å². The van der Waals surface area contributed by atoms with E-state index in [9.17, 15) is 4.79 Å². The quantitative estimate of drug-likeness (QED) is 0.496. The van der Waals surface area contributed by atoms with Crippen LogP contribution >= 0.6 is 27.5 Å². The van der Waals surface area contributed by atoms with Crippen LogP contribution in [0.15, 0.2) is 24.3 Å². The molecule has 4 heteroatoms. The molecule has 0 aliphatic rings. The van der Waals surface area contributed by atoms with E-state index in [4.69, 9.17) is 17.3 Å². The Morgan fingerprint density at radius 1 is 1.58 bits per heavy atom. The Kier molecular flexibility index (Phi) is 3.12. The number of halogens is 2. The van der Waals surface area contributed by atoms with Crippen LogP contribution in [0, 0.1) is 0 Å². The third kappa shape index (κ3) is 2.22. The summed E-state index contributed by atoms with van der Waals surface area (Å²) in [4.78, 5) is 10.3. The Morgan fingerprint density at radius 3 is 2.75 bits per heavy atom. The van der Waals surface area contributed by atoms with Gasteiger partial charge in [-0.1, -0.05) is 28.1 Å². The van der Waals surface area contributed by atoms with E-state index in [0.29, 0.717) is 5.69 Å². The van der Waals surface area contributed by atoms with Crippen molar-refractivity contribution in [2.75, 3.05) is 5.73 Å². The van der Waals surface area contributed by atoms with Gasteiger partial charge >= 0.3 is 0 Å². The summed E-state index contributed by atoms with van der Waals surface area (Å²) in [5, 5.41) is -0.444. The molecule has 2 nitrogen and oxygen atoms in total. The third-order valence-corrected chi connectivity index (χ3v) is 2.83. The van der Waals surface area contributed by atoms with Crippen LogP contribution in [0.2, 0.25) is 0 Å². The highest BCUT2D eigenvalue weighted by Crippen LogP contribution is 2.26. The summed E-state index contributed by atoms with van der Waals surface area (Å²) >= 11 is 8.44. The van der Waals surface area contributed by atoms with Gasteiger partial charge in [0.1, 0.15) is 4.83 Å². The Labute approximate surface area is 83.8 Å². The maximum atomic E-state index is 10.7. The van der Waals surface area contributed by atoms with E-state index < -0.39 is 10.1 Å². The maximum absolute atomic E-state index is 10.7. The van der Waals surface area contributed by atoms with Crippen molar-refractivity contribution in [3.63, 3.8) is 0 Å². The first-order chi connectivity index (χ1) is 5.61. The Balaban J connectivity index is 2.95. The molecule has 0 radical (unpaired) electrons. The molecule has 1 aromatic rings. The predicted molar refractivity (Wildman–Crippen MR) is 53.4 cm³/mol. The molecular weight excluding hydrogens is 241 g/mol. The summed E-state index contributed by atoms with van der Waals surface area (Å²) < 4.78 is 0. The summed E-state index contributed by atoms with van der Waals surface area (Å²) in [6.07, 6.45) is 0. The molecule has 12 heavy (non-hydrogen) atoms. The lowest BCUT2D eigenvalue weighted by atomic mass is 10.1. The minimum atomic E-state index is -0.470. The zero-order valence-corrected chi connectivity index (χ0v) is 8.47. The molecule has 1 rings (SSSR count). The molecule has 1 atom stereocenters. The van der Waals surface area contributed by atoms with Crippen molar-refractivity contribution in [3.8, 4) is 0 Å². The average Bonchev–Trinajstić information content (AvgIpc) is 2.03. The largest absolute Gasteiger partial charge is 0.399 e. The van der Waals surface area contributed by atoms with Crippen LogP contribution in [0.4, 0.5) is 5.69 Å². The minimum absolute atomic E-state index is 0.444. The zero-order chi connectivity index (χ0) is 9.14. The predicted octanol–water partition coefficient (Wildman–Crippen LogP) is 2.47. The SMILES string of the molecule is Nc1cccc(C(Br)C(=O)Cl)c1. The van der Waals surface area contributed by atoms with Crippen molar-refractivity contribution in [2.45, 2.75) is 4.83 Å². The minimum Gasteiger partial charge on any atom is -0.399 e. The molecule has 0 aromatic heterocycles. The number of hydrogen-bond donors (Lipinski definition) is 1. The van der Waals surface area contributed by atoms with Crippen molar-refractivity contribution >= 4 is 38.5 Å². The fourth-order valence-electron chi connectivity index (χ4n) is 0.848. The number of alkyl halides is 1. The van der Waals surface area contributed by atoms with Crippen LogP contribution in [0.3, 0.4) is 0 Å². The van der Waals surface area contributed by atoms with Crippen LogP contribution in [-0.2, 0) is 4.79 Å². The molecule has 0 saturated heterocycles. The Hall–Kier alpha value is -0.540. The lowest BCUT2D eigenvalue weighted by molar-refractivity contribution is -0.111. The molecule has 1 unspecified atom stereocenters. The van der Waals surface area contributed by atoms with Gasteiger partial charge < -0.3 is 5.73 Å². The molecular formula is C8H7BrClNO. The summed E-state index contributed by atoms with van der Waals surface area (Å²) in [5.74, 6) is 0. The number of rotatable bonds is 2. The van der Waals surface area contributed by atoms with Crippen molar-refractivity contribution in [1.82, 2.24) is 0 Å². The molecule has 1 aromatic carbocycles. The molecule has 0 saturated carbocycles. The van der Waals surface area contributed by atoms with E-state index in [1.807, 2.05) is 0 Å². The zero-order valence-electron chi connectivity index (χ0n) is 6.13. The number of carbonyl (C=O) groups excluding carboxylic acids is 1. The molecule has 64 valence electrons. The summed E-state index contributed by atoms with van der Waals surface area (Å²) in [6, 6.07) is 7.02. The molecule has 0 spiro atoms. The normalized spacial score (nSPS) is 12.5. The van der Waals surface area contributed by atoms with Gasteiger partial charge in [-0.15, -0.1) is 0 Å². The molecule has 0 aliphatic heterocycles. The Morgan fingerprint density at radius 2 is 2.25 bits per heavy atom. The Bertz CT molecular complexity index is 303. The highest BCUT2D eigenvalue weighted by atomic mass is 79.9. The number of anilines is 1. The second-order valence-electron chi connectivity index (χ2n) is 2.34. The van der Waals surface area contributed by atoms with Crippen LogP contribution in [0.1, 0.15) is 10.4 Å². The summed E-state index contributed by atoms with van der Waals surface area (Å²) in [6.45, 7) is 0. The topological polar surface area (TPSA) is 43.1 Å². The van der Waals surface area contributed by atoms with E-state index in [0.717, 1.165) is 5.56 Å². The number of benzene rings is 1. The standard InChI is InChI=1S/C8H7BrClNO/c9-7(8(10)12)5-2-1-3-6(11)4-5/h1-4,7H,11H2. The monoisotopic (exact) mass is 247 g/mol. The van der Waals surface area contributed by atoms with Crippen LogP contribution in [0.5, 0.6) is 0 Å². The van der Waals surface area contributed by atoms with Gasteiger partial charge in [0.2, 0.25) is 5.24 Å². The molecule has 0 bridgehead atoms. The lowest BCUT2D eigenvalue weighted by Gasteiger charge is -2.04. The number of nitrogens with two attached hydrogens (primary N) is 1. The first kappa shape index (κ1) is 9.55. The first-order valence-electron chi connectivity index (χ1n) is 3.30. The molecule has 0 amide bonds. The van der Waals surface area contributed by atoms with Crippen molar-refractivity contribution in [2.24, 2.45) is 0 Å². The van der Waals surface area contributed by atoms with E-state index in [-0.39, 0.29) is 0 Å². The van der Waals surface area contributed by atoms with E-state index in [1.165, 1.54) is 0 Å². The second kappa shape index (κ2) is 3.92. The number of carbonyl (C=O) groups is 1. The summed E-state index contributed by atoms with van der Waals surface area (Å²) in [7, 11) is 0. The van der Waals surface area contributed by atoms with Crippen LogP contribution in [0.25, 0.3) is 0 Å². The van der Waals surface area contributed by atoms with Gasteiger partial charge in [-0.2, -0.15) is 0 Å². The average molecular weight is 249 g/mol. The number of hydrogen-bond acceptors (Lipinski definition) is 2. The fourth-order valence-corrected chi connectivity index (χ4v) is 1.26. The molecule has 0 fully saturated rings. The highest BCUT2D eigenvalue weighted by Gasteiger charge is 2.13.